The van der Waals surface area contributed by atoms with E-state index in [1.165, 1.54) is 17.7 Å². The van der Waals surface area contributed by atoms with Crippen molar-refractivity contribution in [2.45, 2.75) is 23.0 Å². The van der Waals surface area contributed by atoms with Crippen LogP contribution in [0.15, 0.2) is 41.3 Å². The average molecular weight is 237 g/mol. The van der Waals surface area contributed by atoms with Crippen LogP contribution in [-0.2, 0) is 0 Å². The number of hydrogen-bond acceptors (Lipinski definition) is 1. The zero-order chi connectivity index (χ0) is 10.3. The molecule has 1 aromatic carbocycles. The minimum Gasteiger partial charge on any atom is -0.122 e. The van der Waals surface area contributed by atoms with Gasteiger partial charge in [0.15, 0.2) is 0 Å². The van der Waals surface area contributed by atoms with E-state index < -0.39 is 0 Å². The maximum absolute atomic E-state index is 5.98. The predicted molar refractivity (Wildman–Crippen MR) is 66.5 cm³/mol. The van der Waals surface area contributed by atoms with Crippen LogP contribution in [0.4, 0.5) is 0 Å². The molecule has 1 saturated carbocycles. The van der Waals surface area contributed by atoms with Crippen LogP contribution < -0.4 is 0 Å². The maximum atomic E-state index is 5.98. The van der Waals surface area contributed by atoms with Crippen molar-refractivity contribution in [3.05, 3.63) is 41.4 Å². The first-order valence-electron chi connectivity index (χ1n) is 5.42. The number of thioether (sulfide) groups is 1. The monoisotopic (exact) mass is 236 g/mol. The molecule has 0 nitrogen and oxygen atoms in total. The number of fused-ring (bicyclic) bond motifs is 2. The highest BCUT2D eigenvalue weighted by Gasteiger charge is 2.35. The Morgan fingerprint density at radius 3 is 2.80 bits per heavy atom. The summed E-state index contributed by atoms with van der Waals surface area (Å²) in [6, 6.07) is 8.20. The quantitative estimate of drug-likeness (QED) is 0.686. The van der Waals surface area contributed by atoms with Crippen molar-refractivity contribution in [2.24, 2.45) is 11.8 Å². The van der Waals surface area contributed by atoms with Gasteiger partial charge in [-0.25, -0.2) is 0 Å². The first kappa shape index (κ1) is 9.80. The van der Waals surface area contributed by atoms with Crippen LogP contribution in [0.2, 0.25) is 5.02 Å². The van der Waals surface area contributed by atoms with E-state index >= 15 is 0 Å². The van der Waals surface area contributed by atoms with Gasteiger partial charge < -0.3 is 0 Å². The van der Waals surface area contributed by atoms with Crippen molar-refractivity contribution in [3.8, 4) is 0 Å². The largest absolute Gasteiger partial charge is 0.122 e. The van der Waals surface area contributed by atoms with Crippen molar-refractivity contribution in [3.63, 3.8) is 0 Å². The third-order valence-electron chi connectivity index (χ3n) is 3.30. The molecule has 3 atom stereocenters. The molecule has 15 heavy (non-hydrogen) atoms. The lowest BCUT2D eigenvalue weighted by atomic mass is 10.1. The van der Waals surface area contributed by atoms with Gasteiger partial charge in [-0.3, -0.25) is 0 Å². The fourth-order valence-electron chi connectivity index (χ4n) is 2.58. The molecular weight excluding hydrogens is 224 g/mol. The molecule has 0 aromatic heterocycles. The number of rotatable bonds is 2. The Hall–Kier alpha value is -0.400. The molecule has 0 spiro atoms. The Morgan fingerprint density at radius 1 is 1.20 bits per heavy atom. The fraction of sp³-hybridized carbons (Fsp3) is 0.385. The second kappa shape index (κ2) is 3.88. The Kier molecular flexibility index (Phi) is 2.53. The number of hydrogen-bond donors (Lipinski definition) is 0. The zero-order valence-corrected chi connectivity index (χ0v) is 9.97. The van der Waals surface area contributed by atoms with Gasteiger partial charge in [0.25, 0.3) is 0 Å². The SMILES string of the molecule is Clc1cccc(S[C@H]2C[C@@H]3C=C[C@H]2C3)c1. The fourth-order valence-corrected chi connectivity index (χ4v) is 4.26. The smallest absolute Gasteiger partial charge is 0.0417 e. The van der Waals surface area contributed by atoms with Crippen LogP contribution in [-0.4, -0.2) is 5.25 Å². The van der Waals surface area contributed by atoms with Crippen molar-refractivity contribution in [2.75, 3.05) is 0 Å². The first-order valence-corrected chi connectivity index (χ1v) is 6.67. The summed E-state index contributed by atoms with van der Waals surface area (Å²) in [5, 5.41) is 1.62. The topological polar surface area (TPSA) is 0 Å². The van der Waals surface area contributed by atoms with Crippen LogP contribution in [0.5, 0.6) is 0 Å². The second-order valence-corrected chi connectivity index (χ2v) is 6.14. The normalized spacial score (nSPS) is 32.5. The molecule has 0 unspecified atom stereocenters. The lowest BCUT2D eigenvalue weighted by molar-refractivity contribution is 0.692. The summed E-state index contributed by atoms with van der Waals surface area (Å²) in [4.78, 5) is 1.31. The lowest BCUT2D eigenvalue weighted by Crippen LogP contribution is -2.08. The van der Waals surface area contributed by atoms with E-state index in [-0.39, 0.29) is 0 Å². The zero-order valence-electron chi connectivity index (χ0n) is 8.40. The van der Waals surface area contributed by atoms with Crippen molar-refractivity contribution in [1.29, 1.82) is 0 Å². The molecule has 0 radical (unpaired) electrons. The van der Waals surface area contributed by atoms with Crippen molar-refractivity contribution < 1.29 is 0 Å². The number of benzene rings is 1. The molecule has 0 heterocycles. The Labute approximate surface area is 99.7 Å². The number of allylic oxidation sites excluding steroid dienone is 2. The Bertz CT molecular complexity index is 399. The van der Waals surface area contributed by atoms with E-state index in [4.69, 9.17) is 11.6 Å². The third kappa shape index (κ3) is 1.95. The van der Waals surface area contributed by atoms with Gasteiger partial charge >= 0.3 is 0 Å². The molecule has 0 amide bonds. The highest BCUT2D eigenvalue weighted by Crippen LogP contribution is 2.47. The first-order chi connectivity index (χ1) is 7.31. The van der Waals surface area contributed by atoms with Crippen LogP contribution in [0.25, 0.3) is 0 Å². The molecule has 0 saturated heterocycles. The van der Waals surface area contributed by atoms with Crippen LogP contribution in [0.3, 0.4) is 0 Å². The molecule has 0 N–H and O–H groups in total. The van der Waals surface area contributed by atoms with Gasteiger partial charge in [-0.2, -0.15) is 0 Å². The van der Waals surface area contributed by atoms with Gasteiger partial charge in [-0.15, -0.1) is 11.8 Å². The van der Waals surface area contributed by atoms with Crippen LogP contribution in [0, 0.1) is 11.8 Å². The molecule has 2 heteroatoms. The van der Waals surface area contributed by atoms with Gasteiger partial charge in [0, 0.05) is 15.2 Å². The Morgan fingerprint density at radius 2 is 2.13 bits per heavy atom. The van der Waals surface area contributed by atoms with Gasteiger partial charge in [-0.05, 0) is 42.9 Å². The van der Waals surface area contributed by atoms with E-state index in [2.05, 4.69) is 24.3 Å². The molecule has 78 valence electrons. The van der Waals surface area contributed by atoms with E-state index in [9.17, 15) is 0 Å². The molecule has 2 aliphatic rings. The minimum atomic E-state index is 0.776. The van der Waals surface area contributed by atoms with Crippen molar-refractivity contribution >= 4 is 23.4 Å². The van der Waals surface area contributed by atoms with Gasteiger partial charge in [0.05, 0.1) is 0 Å². The molecule has 3 rings (SSSR count). The standard InChI is InChI=1S/C13H13ClS/c14-11-2-1-3-12(8-11)15-13-7-9-4-5-10(13)6-9/h1-5,8-10,13H,6-7H2/t9-,10+,13+/m1/s1. The summed E-state index contributed by atoms with van der Waals surface area (Å²) in [5.74, 6) is 1.66. The summed E-state index contributed by atoms with van der Waals surface area (Å²) >= 11 is 7.97. The van der Waals surface area contributed by atoms with Crippen LogP contribution >= 0.6 is 23.4 Å². The highest BCUT2D eigenvalue weighted by molar-refractivity contribution is 8.00. The summed E-state index contributed by atoms with van der Waals surface area (Å²) in [6.45, 7) is 0. The Balaban J connectivity index is 1.73. The highest BCUT2D eigenvalue weighted by atomic mass is 35.5. The second-order valence-electron chi connectivity index (χ2n) is 4.39. The van der Waals surface area contributed by atoms with E-state index in [1.807, 2.05) is 23.9 Å². The van der Waals surface area contributed by atoms with E-state index in [1.54, 1.807) is 0 Å². The average Bonchev–Trinajstić information content (AvgIpc) is 2.79. The molecule has 2 bridgehead atoms. The molecular formula is C13H13ClS. The van der Waals surface area contributed by atoms with Gasteiger partial charge in [0.2, 0.25) is 0 Å². The summed E-state index contributed by atoms with van der Waals surface area (Å²) in [5.41, 5.74) is 0. The predicted octanol–water partition coefficient (Wildman–Crippen LogP) is 4.40. The molecule has 0 aliphatic heterocycles. The molecule has 2 aliphatic carbocycles. The maximum Gasteiger partial charge on any atom is 0.0417 e. The summed E-state index contributed by atoms with van der Waals surface area (Å²) < 4.78 is 0. The number of halogens is 1. The molecule has 1 fully saturated rings. The molecule has 1 aromatic rings. The van der Waals surface area contributed by atoms with E-state index in [0.29, 0.717) is 0 Å². The lowest BCUT2D eigenvalue weighted by Gasteiger charge is -2.17. The summed E-state index contributed by atoms with van der Waals surface area (Å²) in [6.07, 6.45) is 7.51. The van der Waals surface area contributed by atoms with Crippen molar-refractivity contribution in [1.82, 2.24) is 0 Å². The van der Waals surface area contributed by atoms with Gasteiger partial charge in [0.1, 0.15) is 0 Å². The van der Waals surface area contributed by atoms with Gasteiger partial charge in [-0.1, -0.05) is 29.8 Å². The minimum absolute atomic E-state index is 0.776. The van der Waals surface area contributed by atoms with Crippen LogP contribution in [0.1, 0.15) is 12.8 Å². The summed E-state index contributed by atoms with van der Waals surface area (Å²) in [7, 11) is 0. The van der Waals surface area contributed by atoms with E-state index in [0.717, 1.165) is 22.1 Å². The third-order valence-corrected chi connectivity index (χ3v) is 4.91.